The summed E-state index contributed by atoms with van der Waals surface area (Å²) >= 11 is 0. The molecule has 0 aliphatic carbocycles. The van der Waals surface area contributed by atoms with Gasteiger partial charge in [0.05, 0.1) is 11.3 Å². The van der Waals surface area contributed by atoms with Crippen LogP contribution in [-0.2, 0) is 4.79 Å². The number of carboxylic acids is 1. The minimum Gasteiger partial charge on any atom is -0.480 e. The zero-order valence-corrected chi connectivity index (χ0v) is 13.3. The number of nitrogens with zero attached hydrogens (tertiary/aromatic N) is 2. The number of hydrogen-bond acceptors (Lipinski definition) is 4. The summed E-state index contributed by atoms with van der Waals surface area (Å²) in [6.07, 6.45) is 1.43. The molecule has 1 atom stereocenters. The van der Waals surface area contributed by atoms with E-state index >= 15 is 0 Å². The molecule has 6 nitrogen and oxygen atoms in total. The van der Waals surface area contributed by atoms with Gasteiger partial charge in [-0.1, -0.05) is 44.2 Å². The quantitative estimate of drug-likeness (QED) is 0.883. The summed E-state index contributed by atoms with van der Waals surface area (Å²) in [6.45, 7) is 5.18. The smallest absolute Gasteiger partial charge is 0.326 e. The van der Waals surface area contributed by atoms with Crippen molar-refractivity contribution in [2.75, 3.05) is 0 Å². The molecular formula is C17H19N3O3. The van der Waals surface area contributed by atoms with Gasteiger partial charge in [-0.05, 0) is 12.8 Å². The highest BCUT2D eigenvalue weighted by Crippen LogP contribution is 2.16. The topological polar surface area (TPSA) is 92.2 Å². The van der Waals surface area contributed by atoms with Gasteiger partial charge >= 0.3 is 5.97 Å². The van der Waals surface area contributed by atoms with Crippen LogP contribution in [-0.4, -0.2) is 33.0 Å². The van der Waals surface area contributed by atoms with Crippen LogP contribution in [0.3, 0.4) is 0 Å². The monoisotopic (exact) mass is 313 g/mol. The maximum atomic E-state index is 12.3. The predicted molar refractivity (Wildman–Crippen MR) is 85.9 cm³/mol. The van der Waals surface area contributed by atoms with Gasteiger partial charge in [0.2, 0.25) is 0 Å². The van der Waals surface area contributed by atoms with Gasteiger partial charge in [0.1, 0.15) is 6.04 Å². The van der Waals surface area contributed by atoms with Crippen LogP contribution in [0.25, 0.3) is 11.4 Å². The summed E-state index contributed by atoms with van der Waals surface area (Å²) in [7, 11) is 0. The lowest BCUT2D eigenvalue weighted by Crippen LogP contribution is -2.44. The Morgan fingerprint density at radius 1 is 1.17 bits per heavy atom. The summed E-state index contributed by atoms with van der Waals surface area (Å²) in [5, 5.41) is 11.7. The van der Waals surface area contributed by atoms with Gasteiger partial charge in [0.25, 0.3) is 5.91 Å². The zero-order chi connectivity index (χ0) is 17.0. The van der Waals surface area contributed by atoms with E-state index in [0.717, 1.165) is 5.56 Å². The van der Waals surface area contributed by atoms with Gasteiger partial charge in [0.15, 0.2) is 5.82 Å². The number of carboxylic acid groups (broad SMARTS) is 1. The van der Waals surface area contributed by atoms with Crippen molar-refractivity contribution in [3.05, 3.63) is 47.8 Å². The predicted octanol–water partition coefficient (Wildman–Crippen LogP) is 2.29. The fourth-order valence-corrected chi connectivity index (χ4v) is 2.15. The van der Waals surface area contributed by atoms with E-state index in [1.54, 1.807) is 20.8 Å². The summed E-state index contributed by atoms with van der Waals surface area (Å²) < 4.78 is 0. The van der Waals surface area contributed by atoms with Crippen molar-refractivity contribution in [2.45, 2.75) is 26.8 Å². The second kappa shape index (κ2) is 7.00. The Bertz CT molecular complexity index is 714. The summed E-state index contributed by atoms with van der Waals surface area (Å²) in [5.41, 5.74) is 1.63. The molecule has 0 saturated heterocycles. The van der Waals surface area contributed by atoms with Crippen molar-refractivity contribution in [2.24, 2.45) is 5.92 Å². The molecule has 0 aliphatic rings. The largest absolute Gasteiger partial charge is 0.480 e. The number of aliphatic carboxylic acids is 1. The maximum Gasteiger partial charge on any atom is 0.326 e. The van der Waals surface area contributed by atoms with Crippen LogP contribution in [0.1, 0.15) is 29.9 Å². The molecule has 0 unspecified atom stereocenters. The van der Waals surface area contributed by atoms with Crippen LogP contribution >= 0.6 is 0 Å². The number of aromatic nitrogens is 2. The number of hydrogen-bond donors (Lipinski definition) is 2. The molecule has 0 radical (unpaired) electrons. The van der Waals surface area contributed by atoms with Gasteiger partial charge in [-0.2, -0.15) is 0 Å². The lowest BCUT2D eigenvalue weighted by molar-refractivity contribution is -0.140. The number of rotatable bonds is 5. The third-order valence-corrected chi connectivity index (χ3v) is 3.48. The fourth-order valence-electron chi connectivity index (χ4n) is 2.15. The normalized spacial score (nSPS) is 12.0. The summed E-state index contributed by atoms with van der Waals surface area (Å²) in [6, 6.07) is 8.48. The standard InChI is InChI=1S/C17H19N3O3/c1-10(2)14(17(22)23)20-16(21)13-9-18-15(19-11(13)3)12-7-5-4-6-8-12/h4-10,14H,1-3H3,(H,20,21)(H,22,23)/t14-/m0/s1. The zero-order valence-electron chi connectivity index (χ0n) is 13.3. The number of nitrogens with one attached hydrogen (secondary N) is 1. The number of aryl methyl sites for hydroxylation is 1. The average molecular weight is 313 g/mol. The van der Waals surface area contributed by atoms with Crippen molar-refractivity contribution in [3.8, 4) is 11.4 Å². The minimum atomic E-state index is -1.06. The molecule has 2 rings (SSSR count). The molecule has 0 spiro atoms. The first-order valence-electron chi connectivity index (χ1n) is 7.33. The molecule has 0 saturated carbocycles. The fraction of sp³-hybridized carbons (Fsp3) is 0.294. The van der Waals surface area contributed by atoms with E-state index in [1.165, 1.54) is 6.20 Å². The van der Waals surface area contributed by atoms with E-state index in [-0.39, 0.29) is 11.5 Å². The molecule has 0 fully saturated rings. The van der Waals surface area contributed by atoms with E-state index in [0.29, 0.717) is 11.5 Å². The molecule has 1 heterocycles. The SMILES string of the molecule is Cc1nc(-c2ccccc2)ncc1C(=O)N[C@H](C(=O)O)C(C)C. The van der Waals surface area contributed by atoms with Gasteiger partial charge in [-0.3, -0.25) is 4.79 Å². The highest BCUT2D eigenvalue weighted by Gasteiger charge is 2.25. The van der Waals surface area contributed by atoms with E-state index in [9.17, 15) is 9.59 Å². The Kier molecular flexibility index (Phi) is 5.05. The molecular weight excluding hydrogens is 294 g/mol. The molecule has 0 bridgehead atoms. The van der Waals surface area contributed by atoms with Gasteiger partial charge in [-0.25, -0.2) is 14.8 Å². The first-order valence-corrected chi connectivity index (χ1v) is 7.33. The van der Waals surface area contributed by atoms with Crippen molar-refractivity contribution in [1.29, 1.82) is 0 Å². The third kappa shape index (κ3) is 3.91. The molecule has 120 valence electrons. The molecule has 0 aliphatic heterocycles. The minimum absolute atomic E-state index is 0.221. The number of benzene rings is 1. The van der Waals surface area contributed by atoms with Crippen molar-refractivity contribution in [1.82, 2.24) is 15.3 Å². The highest BCUT2D eigenvalue weighted by molar-refractivity contribution is 5.97. The van der Waals surface area contributed by atoms with Crippen LogP contribution in [0.5, 0.6) is 0 Å². The van der Waals surface area contributed by atoms with Gasteiger partial charge < -0.3 is 10.4 Å². The van der Waals surface area contributed by atoms with Gasteiger partial charge in [-0.15, -0.1) is 0 Å². The molecule has 2 aromatic rings. The van der Waals surface area contributed by atoms with Crippen molar-refractivity contribution < 1.29 is 14.7 Å². The number of carbonyl (C=O) groups is 2. The molecule has 1 amide bonds. The van der Waals surface area contributed by atoms with E-state index in [1.807, 2.05) is 30.3 Å². The van der Waals surface area contributed by atoms with Crippen LogP contribution in [0.15, 0.2) is 36.5 Å². The first kappa shape index (κ1) is 16.6. The summed E-state index contributed by atoms with van der Waals surface area (Å²) in [5.74, 6) is -1.24. The van der Waals surface area contributed by atoms with Crippen LogP contribution in [0.4, 0.5) is 0 Å². The average Bonchev–Trinajstić information content (AvgIpc) is 2.52. The van der Waals surface area contributed by atoms with Crippen LogP contribution < -0.4 is 5.32 Å². The maximum absolute atomic E-state index is 12.3. The second-order valence-corrected chi connectivity index (χ2v) is 5.59. The Hall–Kier alpha value is -2.76. The number of amides is 1. The van der Waals surface area contributed by atoms with Crippen LogP contribution in [0.2, 0.25) is 0 Å². The second-order valence-electron chi connectivity index (χ2n) is 5.59. The first-order chi connectivity index (χ1) is 10.9. The molecule has 1 aromatic carbocycles. The highest BCUT2D eigenvalue weighted by atomic mass is 16.4. The van der Waals surface area contributed by atoms with E-state index in [2.05, 4.69) is 15.3 Å². The lowest BCUT2D eigenvalue weighted by Gasteiger charge is -2.18. The Labute approximate surface area is 134 Å². The third-order valence-electron chi connectivity index (χ3n) is 3.48. The number of carbonyl (C=O) groups excluding carboxylic acids is 1. The van der Waals surface area contributed by atoms with E-state index < -0.39 is 17.9 Å². The van der Waals surface area contributed by atoms with Gasteiger partial charge in [0, 0.05) is 11.8 Å². The van der Waals surface area contributed by atoms with Crippen molar-refractivity contribution in [3.63, 3.8) is 0 Å². The Morgan fingerprint density at radius 3 is 2.35 bits per heavy atom. The lowest BCUT2D eigenvalue weighted by atomic mass is 10.0. The molecule has 1 aromatic heterocycles. The summed E-state index contributed by atoms with van der Waals surface area (Å²) in [4.78, 5) is 32.0. The molecule has 23 heavy (non-hydrogen) atoms. The molecule has 2 N–H and O–H groups in total. The van der Waals surface area contributed by atoms with E-state index in [4.69, 9.17) is 5.11 Å². The molecule has 6 heteroatoms. The Balaban J connectivity index is 2.24. The van der Waals surface area contributed by atoms with Crippen LogP contribution in [0, 0.1) is 12.8 Å². The Morgan fingerprint density at radius 2 is 1.83 bits per heavy atom. The van der Waals surface area contributed by atoms with Crippen molar-refractivity contribution >= 4 is 11.9 Å².